The Balaban J connectivity index is 2.93. The summed E-state index contributed by atoms with van der Waals surface area (Å²) in [6.07, 6.45) is -2.78. The Hall–Kier alpha value is -1.27. The Labute approximate surface area is 67.3 Å². The number of aliphatic hydroxyl groups is 4. The van der Waals surface area contributed by atoms with Crippen molar-refractivity contribution in [2.75, 3.05) is 6.61 Å². The third-order valence-corrected chi connectivity index (χ3v) is 1.51. The van der Waals surface area contributed by atoms with Gasteiger partial charge in [0.2, 0.25) is 5.76 Å². The van der Waals surface area contributed by atoms with Crippen LogP contribution < -0.4 is 0 Å². The molecule has 0 aliphatic carbocycles. The number of carbonyl (C=O) groups is 1. The van der Waals surface area contributed by atoms with Gasteiger partial charge in [-0.3, -0.25) is 0 Å². The molecule has 1 heterocycles. The summed E-state index contributed by atoms with van der Waals surface area (Å²) in [5.41, 5.74) is 0. The highest BCUT2D eigenvalue weighted by molar-refractivity contribution is 5.87. The summed E-state index contributed by atoms with van der Waals surface area (Å²) in [4.78, 5) is 10.6. The maximum Gasteiger partial charge on any atom is 0.377 e. The van der Waals surface area contributed by atoms with Crippen LogP contribution in [0.1, 0.15) is 0 Å². The fraction of sp³-hybridized carbons (Fsp3) is 0.500. The second-order valence-electron chi connectivity index (χ2n) is 2.31. The number of hydrogen-bond acceptors (Lipinski definition) is 6. The standard InChI is InChI=1S/C6H8O6/c7-1-2-3(8)4(9)5(10)6(11)12-2/h2-3,7-10H,1H2/t2-,3-/m0/s1. The van der Waals surface area contributed by atoms with Crippen molar-refractivity contribution in [1.82, 2.24) is 0 Å². The largest absolute Gasteiger partial charge is 0.506 e. The summed E-state index contributed by atoms with van der Waals surface area (Å²) in [6, 6.07) is 0. The maximum atomic E-state index is 10.6. The van der Waals surface area contributed by atoms with E-state index in [-0.39, 0.29) is 0 Å². The van der Waals surface area contributed by atoms with Crippen LogP contribution in [-0.4, -0.2) is 45.2 Å². The molecule has 4 N–H and O–H groups in total. The van der Waals surface area contributed by atoms with E-state index in [0.717, 1.165) is 0 Å². The van der Waals surface area contributed by atoms with Gasteiger partial charge in [0.15, 0.2) is 18.0 Å². The second-order valence-corrected chi connectivity index (χ2v) is 2.31. The number of rotatable bonds is 1. The molecule has 0 unspecified atom stereocenters. The van der Waals surface area contributed by atoms with Gasteiger partial charge in [0.05, 0.1) is 6.61 Å². The topological polar surface area (TPSA) is 107 Å². The molecular formula is C6H8O6. The molecule has 0 fully saturated rings. The first-order valence-electron chi connectivity index (χ1n) is 3.20. The average molecular weight is 176 g/mol. The molecule has 68 valence electrons. The minimum absolute atomic E-state index is 0.621. The van der Waals surface area contributed by atoms with E-state index in [0.29, 0.717) is 0 Å². The van der Waals surface area contributed by atoms with E-state index in [1.165, 1.54) is 0 Å². The molecule has 1 rings (SSSR count). The van der Waals surface area contributed by atoms with Crippen LogP contribution in [-0.2, 0) is 9.53 Å². The Bertz CT molecular complexity index is 232. The molecule has 0 aromatic heterocycles. The van der Waals surface area contributed by atoms with Crippen molar-refractivity contribution in [2.45, 2.75) is 12.2 Å². The van der Waals surface area contributed by atoms with Gasteiger partial charge in [0.25, 0.3) is 0 Å². The van der Waals surface area contributed by atoms with Gasteiger partial charge in [-0.2, -0.15) is 0 Å². The van der Waals surface area contributed by atoms with E-state index >= 15 is 0 Å². The van der Waals surface area contributed by atoms with Crippen LogP contribution in [0.3, 0.4) is 0 Å². The lowest BCUT2D eigenvalue weighted by molar-refractivity contribution is -0.161. The molecule has 0 amide bonds. The molecule has 0 radical (unpaired) electrons. The Morgan fingerprint density at radius 3 is 2.50 bits per heavy atom. The Morgan fingerprint density at radius 1 is 1.42 bits per heavy atom. The van der Waals surface area contributed by atoms with Crippen molar-refractivity contribution in [2.24, 2.45) is 0 Å². The molecule has 0 aromatic rings. The van der Waals surface area contributed by atoms with Crippen LogP contribution in [0, 0.1) is 0 Å². The number of cyclic esters (lactones) is 1. The van der Waals surface area contributed by atoms with Gasteiger partial charge in [-0.15, -0.1) is 0 Å². The highest BCUT2D eigenvalue weighted by Crippen LogP contribution is 2.18. The first-order chi connectivity index (χ1) is 5.57. The zero-order chi connectivity index (χ0) is 9.30. The SMILES string of the molecule is O=C1O[C@@H](CO)[C@H](O)C(O)=C1O. The molecular weight excluding hydrogens is 168 g/mol. The lowest BCUT2D eigenvalue weighted by atomic mass is 10.1. The van der Waals surface area contributed by atoms with Gasteiger partial charge in [-0.25, -0.2) is 4.79 Å². The highest BCUT2D eigenvalue weighted by atomic mass is 16.6. The first-order valence-corrected chi connectivity index (χ1v) is 3.20. The average Bonchev–Trinajstić information content (AvgIpc) is 2.08. The Morgan fingerprint density at radius 2 is 2.00 bits per heavy atom. The number of esters is 1. The smallest absolute Gasteiger partial charge is 0.377 e. The molecule has 2 atom stereocenters. The van der Waals surface area contributed by atoms with Crippen molar-refractivity contribution in [1.29, 1.82) is 0 Å². The summed E-state index contributed by atoms with van der Waals surface area (Å²) in [6.45, 7) is -0.621. The van der Waals surface area contributed by atoms with Crippen molar-refractivity contribution in [3.8, 4) is 0 Å². The fourth-order valence-electron chi connectivity index (χ4n) is 0.816. The molecule has 0 bridgehead atoms. The van der Waals surface area contributed by atoms with Crippen molar-refractivity contribution in [3.63, 3.8) is 0 Å². The molecule has 1 aliphatic rings. The number of ether oxygens (including phenoxy) is 1. The van der Waals surface area contributed by atoms with Crippen LogP contribution in [0.2, 0.25) is 0 Å². The molecule has 12 heavy (non-hydrogen) atoms. The predicted octanol–water partition coefficient (Wildman–Crippen LogP) is -1.41. The van der Waals surface area contributed by atoms with Gasteiger partial charge >= 0.3 is 5.97 Å². The quantitative estimate of drug-likeness (QED) is 0.366. The minimum atomic E-state index is -1.56. The normalized spacial score (nSPS) is 30.3. The summed E-state index contributed by atoms with van der Waals surface area (Å²) in [7, 11) is 0. The van der Waals surface area contributed by atoms with Gasteiger partial charge in [-0.05, 0) is 0 Å². The van der Waals surface area contributed by atoms with Crippen molar-refractivity contribution >= 4 is 5.97 Å². The van der Waals surface area contributed by atoms with Gasteiger partial charge in [0, 0.05) is 0 Å². The van der Waals surface area contributed by atoms with E-state index < -0.39 is 36.3 Å². The molecule has 6 nitrogen and oxygen atoms in total. The lowest BCUT2D eigenvalue weighted by Gasteiger charge is -2.24. The lowest BCUT2D eigenvalue weighted by Crippen LogP contribution is -2.41. The van der Waals surface area contributed by atoms with E-state index in [1.54, 1.807) is 0 Å². The summed E-state index contributed by atoms with van der Waals surface area (Å²) in [5, 5.41) is 35.2. The molecule has 0 aromatic carbocycles. The van der Waals surface area contributed by atoms with Crippen LogP contribution in [0.25, 0.3) is 0 Å². The van der Waals surface area contributed by atoms with Gasteiger partial charge in [0.1, 0.15) is 0 Å². The number of aliphatic hydroxyl groups excluding tert-OH is 4. The zero-order valence-corrected chi connectivity index (χ0v) is 5.97. The zero-order valence-electron chi connectivity index (χ0n) is 5.97. The molecule has 0 saturated carbocycles. The van der Waals surface area contributed by atoms with E-state index in [1.807, 2.05) is 0 Å². The summed E-state index contributed by atoms with van der Waals surface area (Å²) >= 11 is 0. The van der Waals surface area contributed by atoms with E-state index in [4.69, 9.17) is 20.4 Å². The second kappa shape index (κ2) is 3.00. The fourth-order valence-corrected chi connectivity index (χ4v) is 0.816. The maximum absolute atomic E-state index is 10.6. The molecule has 0 spiro atoms. The minimum Gasteiger partial charge on any atom is -0.506 e. The highest BCUT2D eigenvalue weighted by Gasteiger charge is 2.36. The third-order valence-electron chi connectivity index (χ3n) is 1.51. The summed E-state index contributed by atoms with van der Waals surface area (Å²) in [5.74, 6) is -3.05. The molecule has 0 saturated heterocycles. The van der Waals surface area contributed by atoms with Gasteiger partial charge < -0.3 is 25.2 Å². The Kier molecular flexibility index (Phi) is 2.20. The van der Waals surface area contributed by atoms with Crippen molar-refractivity contribution < 1.29 is 30.0 Å². The van der Waals surface area contributed by atoms with E-state index in [2.05, 4.69) is 4.74 Å². The molecule has 6 heteroatoms. The predicted molar refractivity (Wildman–Crippen MR) is 35.3 cm³/mol. The van der Waals surface area contributed by atoms with Crippen LogP contribution >= 0.6 is 0 Å². The van der Waals surface area contributed by atoms with Crippen LogP contribution in [0.5, 0.6) is 0 Å². The molecule has 1 aliphatic heterocycles. The van der Waals surface area contributed by atoms with Gasteiger partial charge in [-0.1, -0.05) is 0 Å². The van der Waals surface area contributed by atoms with Crippen molar-refractivity contribution in [3.05, 3.63) is 11.5 Å². The van der Waals surface area contributed by atoms with Crippen LogP contribution in [0.15, 0.2) is 11.5 Å². The monoisotopic (exact) mass is 176 g/mol. The summed E-state index contributed by atoms with van der Waals surface area (Å²) < 4.78 is 4.32. The first kappa shape index (κ1) is 8.82. The van der Waals surface area contributed by atoms with E-state index in [9.17, 15) is 4.79 Å². The number of carbonyl (C=O) groups excluding carboxylic acids is 1. The third kappa shape index (κ3) is 1.21. The van der Waals surface area contributed by atoms with Crippen LogP contribution in [0.4, 0.5) is 0 Å². The number of hydrogen-bond donors (Lipinski definition) is 4.